The van der Waals surface area contributed by atoms with Gasteiger partial charge in [-0.25, -0.2) is 4.79 Å². The van der Waals surface area contributed by atoms with Crippen LogP contribution < -0.4 is 5.32 Å². The number of amides is 1. The van der Waals surface area contributed by atoms with Crippen molar-refractivity contribution in [2.45, 2.75) is 13.8 Å². The number of aryl methyl sites for hydroxylation is 2. The molecular formula is C16H15N5O4S. The highest BCUT2D eigenvalue weighted by Crippen LogP contribution is 2.21. The summed E-state index contributed by atoms with van der Waals surface area (Å²) < 4.78 is 14.5. The number of carbonyl (C=O) groups is 3. The number of ether oxygens (including phenoxy) is 1. The van der Waals surface area contributed by atoms with Crippen LogP contribution in [0.1, 0.15) is 21.7 Å². The fourth-order valence-corrected chi connectivity index (χ4v) is 3.04. The van der Waals surface area contributed by atoms with Gasteiger partial charge in [0.15, 0.2) is 6.61 Å². The zero-order chi connectivity index (χ0) is 18.8. The maximum atomic E-state index is 12.2. The number of fused-ring (bicyclic) bond motifs is 1. The van der Waals surface area contributed by atoms with Gasteiger partial charge in [-0.2, -0.15) is 13.8 Å². The van der Waals surface area contributed by atoms with Crippen LogP contribution in [0.25, 0.3) is 11.0 Å². The second-order valence-corrected chi connectivity index (χ2v) is 6.09. The number of rotatable bonds is 5. The number of nitrogens with zero attached hydrogens (tertiary/aromatic N) is 4. The van der Waals surface area contributed by atoms with E-state index in [-0.39, 0.29) is 5.56 Å². The Hall–Kier alpha value is -3.14. The second-order valence-electron chi connectivity index (χ2n) is 5.56. The van der Waals surface area contributed by atoms with Crippen LogP contribution in [0.3, 0.4) is 0 Å². The van der Waals surface area contributed by atoms with E-state index in [1.165, 1.54) is 4.68 Å². The van der Waals surface area contributed by atoms with Gasteiger partial charge in [-0.05, 0) is 26.0 Å². The van der Waals surface area contributed by atoms with Crippen LogP contribution >= 0.6 is 11.7 Å². The van der Waals surface area contributed by atoms with E-state index in [9.17, 15) is 14.4 Å². The molecule has 2 aromatic heterocycles. The van der Waals surface area contributed by atoms with Gasteiger partial charge >= 0.3 is 5.97 Å². The van der Waals surface area contributed by atoms with E-state index in [4.69, 9.17) is 4.74 Å². The number of anilines is 1. The SMILES string of the molecule is Cc1nn(C)c(C)c1C(=O)C(=O)OCC(=O)Nc1cccc2nsnc12. The monoisotopic (exact) mass is 373 g/mol. The largest absolute Gasteiger partial charge is 0.450 e. The van der Waals surface area contributed by atoms with Gasteiger partial charge in [0.05, 0.1) is 28.7 Å². The van der Waals surface area contributed by atoms with Crippen molar-refractivity contribution in [3.8, 4) is 0 Å². The number of carbonyl (C=O) groups excluding carboxylic acids is 3. The standard InChI is InChI=1S/C16H15N5O4S/c1-8-13(9(2)21(3)18-8)15(23)16(24)25-7-12(22)17-10-5-4-6-11-14(10)20-26-19-11/h4-6H,7H2,1-3H3,(H,17,22). The Kier molecular flexibility index (Phi) is 4.76. The van der Waals surface area contributed by atoms with Gasteiger partial charge in [-0.3, -0.25) is 14.3 Å². The quantitative estimate of drug-likeness (QED) is 0.408. The average Bonchev–Trinajstić information content (AvgIpc) is 3.18. The third-order valence-corrected chi connectivity index (χ3v) is 4.36. The molecule has 0 atom stereocenters. The van der Waals surface area contributed by atoms with Crippen molar-refractivity contribution in [1.29, 1.82) is 0 Å². The van der Waals surface area contributed by atoms with Crippen LogP contribution in [0, 0.1) is 13.8 Å². The molecule has 26 heavy (non-hydrogen) atoms. The molecule has 0 saturated carbocycles. The first-order chi connectivity index (χ1) is 12.4. The number of hydrogen-bond acceptors (Lipinski definition) is 8. The fraction of sp³-hybridized carbons (Fsp3) is 0.250. The Bertz CT molecular complexity index is 1020. The first kappa shape index (κ1) is 17.7. The summed E-state index contributed by atoms with van der Waals surface area (Å²) in [6.45, 7) is 2.72. The van der Waals surface area contributed by atoms with Crippen LogP contribution in [0.2, 0.25) is 0 Å². The molecule has 1 aromatic carbocycles. The van der Waals surface area contributed by atoms with Crippen molar-refractivity contribution in [2.24, 2.45) is 7.05 Å². The zero-order valence-electron chi connectivity index (χ0n) is 14.3. The lowest BCUT2D eigenvalue weighted by atomic mass is 10.1. The molecule has 134 valence electrons. The van der Waals surface area contributed by atoms with Gasteiger partial charge in [0.2, 0.25) is 0 Å². The minimum atomic E-state index is -1.10. The molecule has 1 N–H and O–H groups in total. The third-order valence-electron chi connectivity index (χ3n) is 3.82. The molecule has 3 rings (SSSR count). The predicted molar refractivity (Wildman–Crippen MR) is 94.0 cm³/mol. The van der Waals surface area contributed by atoms with Crippen molar-refractivity contribution in [3.05, 3.63) is 35.2 Å². The summed E-state index contributed by atoms with van der Waals surface area (Å²) >= 11 is 1.03. The van der Waals surface area contributed by atoms with E-state index < -0.39 is 24.3 Å². The number of hydrogen-bond donors (Lipinski definition) is 1. The summed E-state index contributed by atoms with van der Waals surface area (Å²) in [5.41, 5.74) is 2.84. The molecule has 3 aromatic rings. The van der Waals surface area contributed by atoms with Gasteiger partial charge in [-0.15, -0.1) is 0 Å². The number of esters is 1. The van der Waals surface area contributed by atoms with E-state index in [0.717, 1.165) is 11.7 Å². The Labute approximate surface area is 152 Å². The molecule has 1 amide bonds. The molecule has 10 heteroatoms. The second kappa shape index (κ2) is 7.00. The van der Waals surface area contributed by atoms with Crippen LogP contribution in [0.15, 0.2) is 18.2 Å². The molecule has 0 fully saturated rings. The molecule has 9 nitrogen and oxygen atoms in total. The summed E-state index contributed by atoms with van der Waals surface area (Å²) in [7, 11) is 1.67. The molecule has 0 bridgehead atoms. The lowest BCUT2D eigenvalue weighted by Gasteiger charge is -2.06. The Morgan fingerprint density at radius 2 is 2.00 bits per heavy atom. The molecular weight excluding hydrogens is 358 g/mol. The van der Waals surface area contributed by atoms with Crippen LogP contribution in [0.4, 0.5) is 5.69 Å². The highest BCUT2D eigenvalue weighted by Gasteiger charge is 2.25. The topological polar surface area (TPSA) is 116 Å². The van der Waals surface area contributed by atoms with Crippen LogP contribution in [0.5, 0.6) is 0 Å². The molecule has 0 aliphatic heterocycles. The van der Waals surface area contributed by atoms with Crippen molar-refractivity contribution in [2.75, 3.05) is 11.9 Å². The van der Waals surface area contributed by atoms with Crippen molar-refractivity contribution in [1.82, 2.24) is 18.5 Å². The van der Waals surface area contributed by atoms with Crippen molar-refractivity contribution < 1.29 is 19.1 Å². The Balaban J connectivity index is 1.63. The lowest BCUT2D eigenvalue weighted by Crippen LogP contribution is -2.25. The molecule has 0 spiro atoms. The van der Waals surface area contributed by atoms with E-state index >= 15 is 0 Å². The van der Waals surface area contributed by atoms with Crippen molar-refractivity contribution in [3.63, 3.8) is 0 Å². The minimum absolute atomic E-state index is 0.191. The Morgan fingerprint density at radius 1 is 1.23 bits per heavy atom. The smallest absolute Gasteiger partial charge is 0.380 e. The lowest BCUT2D eigenvalue weighted by molar-refractivity contribution is -0.142. The maximum absolute atomic E-state index is 12.2. The molecule has 0 aliphatic rings. The summed E-state index contributed by atoms with van der Waals surface area (Å²) in [5, 5.41) is 6.68. The number of Topliss-reactive ketones (excluding diaryl/α,β-unsaturated/α-hetero) is 1. The highest BCUT2D eigenvalue weighted by atomic mass is 32.1. The predicted octanol–water partition coefficient (Wildman–Crippen LogP) is 1.41. The zero-order valence-corrected chi connectivity index (χ0v) is 15.1. The molecule has 2 heterocycles. The molecule has 0 unspecified atom stereocenters. The van der Waals surface area contributed by atoms with Gasteiger partial charge in [0.25, 0.3) is 11.7 Å². The van der Waals surface area contributed by atoms with E-state index in [0.29, 0.717) is 28.1 Å². The molecule has 0 saturated heterocycles. The number of ketones is 1. The maximum Gasteiger partial charge on any atom is 0.380 e. The van der Waals surface area contributed by atoms with Crippen LogP contribution in [-0.4, -0.2) is 42.8 Å². The van der Waals surface area contributed by atoms with Gasteiger partial charge in [-0.1, -0.05) is 6.07 Å². The van der Waals surface area contributed by atoms with Gasteiger partial charge in [0, 0.05) is 12.7 Å². The average molecular weight is 373 g/mol. The summed E-state index contributed by atoms with van der Waals surface area (Å²) in [6.07, 6.45) is 0. The summed E-state index contributed by atoms with van der Waals surface area (Å²) in [4.78, 5) is 36.2. The van der Waals surface area contributed by atoms with Crippen LogP contribution in [-0.2, 0) is 21.4 Å². The third kappa shape index (κ3) is 3.31. The minimum Gasteiger partial charge on any atom is -0.450 e. The van der Waals surface area contributed by atoms with Gasteiger partial charge in [0.1, 0.15) is 11.0 Å². The Morgan fingerprint density at radius 3 is 2.69 bits per heavy atom. The van der Waals surface area contributed by atoms with Gasteiger partial charge < -0.3 is 10.1 Å². The molecule has 0 radical (unpaired) electrons. The normalized spacial score (nSPS) is 10.7. The first-order valence-electron chi connectivity index (χ1n) is 7.61. The summed E-state index contributed by atoms with van der Waals surface area (Å²) in [6, 6.07) is 5.16. The molecule has 0 aliphatic carbocycles. The number of nitrogens with one attached hydrogen (secondary N) is 1. The highest BCUT2D eigenvalue weighted by molar-refractivity contribution is 7.00. The fourth-order valence-electron chi connectivity index (χ4n) is 2.49. The van der Waals surface area contributed by atoms with E-state index in [1.54, 1.807) is 39.1 Å². The first-order valence-corrected chi connectivity index (χ1v) is 8.34. The van der Waals surface area contributed by atoms with E-state index in [2.05, 4.69) is 19.2 Å². The van der Waals surface area contributed by atoms with Crippen molar-refractivity contribution >= 4 is 46.1 Å². The number of benzene rings is 1. The summed E-state index contributed by atoms with van der Waals surface area (Å²) in [5.74, 6) is -2.51. The van der Waals surface area contributed by atoms with E-state index in [1.807, 2.05) is 0 Å². The number of aromatic nitrogens is 4.